The van der Waals surface area contributed by atoms with Crippen molar-refractivity contribution in [3.8, 4) is 5.75 Å². The SMILES string of the molecule is CCOC(=O)CCCc1cc(C(=O)c2cccc(O)c2)c(CC)n1C. The number of ketones is 1. The number of rotatable bonds is 8. The van der Waals surface area contributed by atoms with Gasteiger partial charge in [-0.25, -0.2) is 0 Å². The zero-order valence-electron chi connectivity index (χ0n) is 15.0. The van der Waals surface area contributed by atoms with E-state index in [1.807, 2.05) is 24.6 Å². The lowest BCUT2D eigenvalue weighted by atomic mass is 10.0. The Hall–Kier alpha value is -2.56. The van der Waals surface area contributed by atoms with Crippen molar-refractivity contribution < 1.29 is 19.4 Å². The van der Waals surface area contributed by atoms with Gasteiger partial charge in [0.05, 0.1) is 6.61 Å². The molecule has 0 spiro atoms. The van der Waals surface area contributed by atoms with Crippen LogP contribution in [0.5, 0.6) is 5.75 Å². The van der Waals surface area contributed by atoms with E-state index >= 15 is 0 Å². The minimum absolute atomic E-state index is 0.0782. The highest BCUT2D eigenvalue weighted by atomic mass is 16.5. The fourth-order valence-electron chi connectivity index (χ4n) is 3.01. The van der Waals surface area contributed by atoms with Crippen LogP contribution in [0.4, 0.5) is 0 Å². The molecule has 0 amide bonds. The molecule has 2 aromatic rings. The monoisotopic (exact) mass is 343 g/mol. The van der Waals surface area contributed by atoms with Gasteiger partial charge < -0.3 is 14.4 Å². The summed E-state index contributed by atoms with van der Waals surface area (Å²) in [6, 6.07) is 8.29. The van der Waals surface area contributed by atoms with E-state index in [1.54, 1.807) is 25.1 Å². The first-order valence-electron chi connectivity index (χ1n) is 8.64. The van der Waals surface area contributed by atoms with Gasteiger partial charge in [0.15, 0.2) is 5.78 Å². The number of carbonyl (C=O) groups is 2. The standard InChI is InChI=1S/C20H25NO4/c1-4-18-17(20(24)14-8-6-10-16(22)12-14)13-15(21(18)3)9-7-11-19(23)25-5-2/h6,8,10,12-13,22H,4-5,7,9,11H2,1-3H3. The average molecular weight is 343 g/mol. The number of esters is 1. The van der Waals surface area contributed by atoms with E-state index in [-0.39, 0.29) is 17.5 Å². The maximum Gasteiger partial charge on any atom is 0.305 e. The molecule has 1 aromatic heterocycles. The highest BCUT2D eigenvalue weighted by Gasteiger charge is 2.19. The molecule has 0 aliphatic heterocycles. The number of aromatic hydroxyl groups is 1. The second-order valence-electron chi connectivity index (χ2n) is 5.95. The summed E-state index contributed by atoms with van der Waals surface area (Å²) in [4.78, 5) is 24.3. The van der Waals surface area contributed by atoms with Crippen LogP contribution in [0, 0.1) is 0 Å². The molecule has 0 aliphatic rings. The average Bonchev–Trinajstić information content (AvgIpc) is 2.90. The van der Waals surface area contributed by atoms with Gasteiger partial charge in [-0.15, -0.1) is 0 Å². The molecule has 0 fully saturated rings. The molecule has 1 N–H and O–H groups in total. The summed E-state index contributed by atoms with van der Waals surface area (Å²) in [7, 11) is 1.94. The van der Waals surface area contributed by atoms with Gasteiger partial charge in [-0.05, 0) is 44.4 Å². The first kappa shape index (κ1) is 18.8. The number of benzene rings is 1. The minimum atomic E-state index is -0.191. The van der Waals surface area contributed by atoms with Crippen LogP contribution in [0.1, 0.15) is 54.0 Å². The number of phenolic OH excluding ortho intramolecular Hbond substituents is 1. The molecule has 5 heteroatoms. The van der Waals surface area contributed by atoms with Crippen LogP contribution in [0.2, 0.25) is 0 Å². The number of hydrogen-bond donors (Lipinski definition) is 1. The minimum Gasteiger partial charge on any atom is -0.508 e. The Bertz CT molecular complexity index is 761. The summed E-state index contributed by atoms with van der Waals surface area (Å²) in [5.74, 6) is -0.210. The first-order chi connectivity index (χ1) is 12.0. The van der Waals surface area contributed by atoms with Crippen LogP contribution < -0.4 is 0 Å². The van der Waals surface area contributed by atoms with Gasteiger partial charge in [0.25, 0.3) is 0 Å². The Morgan fingerprint density at radius 2 is 1.96 bits per heavy atom. The van der Waals surface area contributed by atoms with Crippen molar-refractivity contribution in [2.24, 2.45) is 7.05 Å². The number of ether oxygens (including phenoxy) is 1. The summed E-state index contributed by atoms with van der Waals surface area (Å²) in [5.41, 5.74) is 3.10. The summed E-state index contributed by atoms with van der Waals surface area (Å²) in [6.07, 6.45) is 2.49. The Balaban J connectivity index is 2.19. The summed E-state index contributed by atoms with van der Waals surface area (Å²) < 4.78 is 6.97. The van der Waals surface area contributed by atoms with Crippen molar-refractivity contribution in [2.75, 3.05) is 6.61 Å². The quantitative estimate of drug-likeness (QED) is 0.589. The summed E-state index contributed by atoms with van der Waals surface area (Å²) >= 11 is 0. The van der Waals surface area contributed by atoms with E-state index < -0.39 is 0 Å². The second-order valence-corrected chi connectivity index (χ2v) is 5.95. The number of nitrogens with zero attached hydrogens (tertiary/aromatic N) is 1. The maximum atomic E-state index is 12.8. The van der Waals surface area contributed by atoms with Gasteiger partial charge in [-0.1, -0.05) is 19.1 Å². The molecule has 25 heavy (non-hydrogen) atoms. The van der Waals surface area contributed by atoms with Gasteiger partial charge >= 0.3 is 5.97 Å². The summed E-state index contributed by atoms with van der Waals surface area (Å²) in [6.45, 7) is 4.20. The third-order valence-electron chi connectivity index (χ3n) is 4.26. The van der Waals surface area contributed by atoms with Crippen LogP contribution in [0.15, 0.2) is 30.3 Å². The van der Waals surface area contributed by atoms with Crippen LogP contribution in [0.25, 0.3) is 0 Å². The predicted octanol–water partition coefficient (Wildman–Crippen LogP) is 3.41. The molecule has 0 saturated heterocycles. The second kappa shape index (κ2) is 8.51. The van der Waals surface area contributed by atoms with Gasteiger partial charge in [0, 0.05) is 36.0 Å². The van der Waals surface area contributed by atoms with Gasteiger partial charge in [0.2, 0.25) is 0 Å². The Morgan fingerprint density at radius 3 is 2.60 bits per heavy atom. The molecular weight excluding hydrogens is 318 g/mol. The molecule has 1 heterocycles. The van der Waals surface area contributed by atoms with Crippen LogP contribution >= 0.6 is 0 Å². The van der Waals surface area contributed by atoms with Crippen molar-refractivity contribution in [1.82, 2.24) is 4.57 Å². The zero-order valence-corrected chi connectivity index (χ0v) is 15.0. The lowest BCUT2D eigenvalue weighted by Gasteiger charge is -2.07. The van der Waals surface area contributed by atoms with E-state index in [1.165, 1.54) is 6.07 Å². The molecular formula is C20H25NO4. The number of aryl methyl sites for hydroxylation is 1. The molecule has 0 aliphatic carbocycles. The third-order valence-corrected chi connectivity index (χ3v) is 4.26. The molecule has 0 bridgehead atoms. The van der Waals surface area contributed by atoms with Crippen molar-refractivity contribution in [1.29, 1.82) is 0 Å². The van der Waals surface area contributed by atoms with E-state index in [0.717, 1.165) is 17.8 Å². The molecule has 134 valence electrons. The van der Waals surface area contributed by atoms with E-state index in [9.17, 15) is 14.7 Å². The predicted molar refractivity (Wildman–Crippen MR) is 95.9 cm³/mol. The Labute approximate surface area is 148 Å². The van der Waals surface area contributed by atoms with Crippen LogP contribution in [0.3, 0.4) is 0 Å². The van der Waals surface area contributed by atoms with Crippen molar-refractivity contribution in [3.05, 3.63) is 52.8 Å². The number of aromatic nitrogens is 1. The number of carbonyl (C=O) groups excluding carboxylic acids is 2. The van der Waals surface area contributed by atoms with Gasteiger partial charge in [-0.3, -0.25) is 9.59 Å². The number of phenols is 1. The first-order valence-corrected chi connectivity index (χ1v) is 8.64. The molecule has 1 aromatic carbocycles. The molecule has 0 saturated carbocycles. The fourth-order valence-corrected chi connectivity index (χ4v) is 3.01. The van der Waals surface area contributed by atoms with E-state index in [0.29, 0.717) is 37.0 Å². The molecule has 0 atom stereocenters. The molecule has 0 unspecified atom stereocenters. The van der Waals surface area contributed by atoms with E-state index in [4.69, 9.17) is 4.74 Å². The Morgan fingerprint density at radius 1 is 1.20 bits per heavy atom. The van der Waals surface area contributed by atoms with Crippen LogP contribution in [-0.4, -0.2) is 28.0 Å². The summed E-state index contributed by atoms with van der Waals surface area (Å²) in [5, 5.41) is 9.61. The smallest absolute Gasteiger partial charge is 0.305 e. The fraction of sp³-hybridized carbons (Fsp3) is 0.400. The maximum absolute atomic E-state index is 12.8. The van der Waals surface area contributed by atoms with Gasteiger partial charge in [0.1, 0.15) is 5.75 Å². The largest absolute Gasteiger partial charge is 0.508 e. The van der Waals surface area contributed by atoms with Gasteiger partial charge in [-0.2, -0.15) is 0 Å². The molecule has 5 nitrogen and oxygen atoms in total. The molecule has 2 rings (SSSR count). The lowest BCUT2D eigenvalue weighted by molar-refractivity contribution is -0.143. The van der Waals surface area contributed by atoms with Crippen LogP contribution in [-0.2, 0) is 29.4 Å². The lowest BCUT2D eigenvalue weighted by Crippen LogP contribution is -2.07. The highest BCUT2D eigenvalue weighted by Crippen LogP contribution is 2.22. The zero-order chi connectivity index (χ0) is 18.4. The normalized spacial score (nSPS) is 10.7. The Kier molecular flexibility index (Phi) is 6.39. The number of hydrogen-bond acceptors (Lipinski definition) is 4. The highest BCUT2D eigenvalue weighted by molar-refractivity contribution is 6.10. The van der Waals surface area contributed by atoms with Crippen molar-refractivity contribution in [2.45, 2.75) is 39.5 Å². The third kappa shape index (κ3) is 4.50. The van der Waals surface area contributed by atoms with Crippen molar-refractivity contribution in [3.63, 3.8) is 0 Å². The van der Waals surface area contributed by atoms with E-state index in [2.05, 4.69) is 0 Å². The van der Waals surface area contributed by atoms with Crippen molar-refractivity contribution >= 4 is 11.8 Å². The molecule has 0 radical (unpaired) electrons. The topological polar surface area (TPSA) is 68.5 Å².